The molecule has 0 radical (unpaired) electrons. The highest BCUT2D eigenvalue weighted by molar-refractivity contribution is 8.13. The molecule has 29 heavy (non-hydrogen) atoms. The van der Waals surface area contributed by atoms with E-state index in [1.165, 1.54) is 5.56 Å². The number of nitrogens with one attached hydrogen (secondary N) is 1. The first-order valence-corrected chi connectivity index (χ1v) is 11.0. The monoisotopic (exact) mass is 408 g/mol. The van der Waals surface area contributed by atoms with E-state index < -0.39 is 5.72 Å². The number of ether oxygens (including phenoxy) is 1. The zero-order valence-corrected chi connectivity index (χ0v) is 18.1. The highest BCUT2D eigenvalue weighted by Crippen LogP contribution is 2.50. The molecular formula is C24H28N2O2S. The van der Waals surface area contributed by atoms with Crippen LogP contribution in [0.2, 0.25) is 0 Å². The molecule has 0 saturated heterocycles. The smallest absolute Gasteiger partial charge is 0.206 e. The molecule has 2 heterocycles. The van der Waals surface area contributed by atoms with Crippen molar-refractivity contribution in [1.29, 1.82) is 0 Å². The zero-order chi connectivity index (χ0) is 20.6. The van der Waals surface area contributed by atoms with Crippen molar-refractivity contribution in [1.82, 2.24) is 5.32 Å². The highest BCUT2D eigenvalue weighted by Gasteiger charge is 2.48. The molecule has 4 nitrogen and oxygen atoms in total. The maximum absolute atomic E-state index is 10.2. The number of nitrogens with zero attached hydrogens (tertiary/aromatic N) is 1. The fourth-order valence-electron chi connectivity index (χ4n) is 4.58. The molecule has 5 heteroatoms. The average molecular weight is 409 g/mol. The number of aryl methyl sites for hydroxylation is 1. The van der Waals surface area contributed by atoms with E-state index in [1.807, 2.05) is 25.1 Å². The highest BCUT2D eigenvalue weighted by atomic mass is 32.2. The molecule has 0 fully saturated rings. The summed E-state index contributed by atoms with van der Waals surface area (Å²) in [5, 5.41) is 14.7. The quantitative estimate of drug-likeness (QED) is 0.672. The van der Waals surface area contributed by atoms with Crippen LogP contribution in [-0.4, -0.2) is 27.3 Å². The minimum absolute atomic E-state index is 0.156. The topological polar surface area (TPSA) is 53.9 Å². The number of aromatic hydroxyl groups is 1. The summed E-state index contributed by atoms with van der Waals surface area (Å²) < 4.78 is 6.59. The summed E-state index contributed by atoms with van der Waals surface area (Å²) in [6.45, 7) is 10.2. The standard InChI is InChI=1S/C24H28N2O2S/c1-5-11-29-22-25-23(3,4)15-24(26-22)14-19(17-9-7-6-8-10-17)21-16(2)12-18(27)13-20(21)28-24/h5-10,12-13,19,27H,1,11,14-15H2,2-4H3,(H,25,26). The number of hydrogen-bond acceptors (Lipinski definition) is 5. The third-order valence-corrected chi connectivity index (χ3v) is 6.38. The Labute approximate surface area is 177 Å². The fraction of sp³-hybridized carbons (Fsp3) is 0.375. The van der Waals surface area contributed by atoms with Gasteiger partial charge in [-0.05, 0) is 38.0 Å². The number of aliphatic imine (C=N–C) groups is 1. The average Bonchev–Trinajstić information content (AvgIpc) is 2.64. The Hall–Kier alpha value is -2.40. The van der Waals surface area contributed by atoms with Gasteiger partial charge in [0.1, 0.15) is 11.5 Å². The lowest BCUT2D eigenvalue weighted by Crippen LogP contribution is -2.57. The number of rotatable bonds is 3. The lowest BCUT2D eigenvalue weighted by molar-refractivity contribution is 0.0132. The number of phenolic OH excluding ortho intramolecular Hbond substituents is 1. The van der Waals surface area contributed by atoms with Gasteiger partial charge in [0.25, 0.3) is 0 Å². The number of benzene rings is 2. The lowest BCUT2D eigenvalue weighted by atomic mass is 9.76. The molecule has 0 aliphatic carbocycles. The van der Waals surface area contributed by atoms with Crippen LogP contribution in [-0.2, 0) is 0 Å². The molecule has 0 aromatic heterocycles. The first kappa shape index (κ1) is 19.9. The van der Waals surface area contributed by atoms with E-state index in [-0.39, 0.29) is 17.2 Å². The van der Waals surface area contributed by atoms with Gasteiger partial charge in [0, 0.05) is 41.7 Å². The van der Waals surface area contributed by atoms with Crippen LogP contribution in [0.4, 0.5) is 0 Å². The summed E-state index contributed by atoms with van der Waals surface area (Å²) in [6, 6.07) is 14.1. The van der Waals surface area contributed by atoms with Gasteiger partial charge in [-0.3, -0.25) is 0 Å². The number of amidine groups is 1. The molecule has 0 saturated carbocycles. The predicted molar refractivity (Wildman–Crippen MR) is 121 cm³/mol. The molecule has 4 rings (SSSR count). The van der Waals surface area contributed by atoms with Gasteiger partial charge in [-0.25, -0.2) is 4.99 Å². The van der Waals surface area contributed by atoms with Gasteiger partial charge in [-0.1, -0.05) is 48.2 Å². The van der Waals surface area contributed by atoms with Gasteiger partial charge < -0.3 is 15.2 Å². The minimum atomic E-state index is -0.675. The molecule has 2 aromatic rings. The van der Waals surface area contributed by atoms with Crippen LogP contribution in [0.3, 0.4) is 0 Å². The molecule has 2 N–H and O–H groups in total. The Morgan fingerprint density at radius 3 is 2.79 bits per heavy atom. The second kappa shape index (κ2) is 7.45. The van der Waals surface area contributed by atoms with E-state index in [9.17, 15) is 5.11 Å². The van der Waals surface area contributed by atoms with Crippen molar-refractivity contribution in [2.24, 2.45) is 4.99 Å². The van der Waals surface area contributed by atoms with E-state index in [0.29, 0.717) is 0 Å². The second-order valence-corrected chi connectivity index (χ2v) is 9.60. The summed E-state index contributed by atoms with van der Waals surface area (Å²) >= 11 is 1.64. The second-order valence-electron chi connectivity index (χ2n) is 8.59. The zero-order valence-electron chi connectivity index (χ0n) is 17.2. The van der Waals surface area contributed by atoms with E-state index in [1.54, 1.807) is 17.8 Å². The number of phenols is 1. The normalized spacial score (nSPS) is 24.8. The number of hydrogen-bond donors (Lipinski definition) is 2. The molecule has 0 bridgehead atoms. The first-order chi connectivity index (χ1) is 13.8. The van der Waals surface area contributed by atoms with Gasteiger partial charge in [0.15, 0.2) is 5.17 Å². The van der Waals surface area contributed by atoms with Crippen molar-refractivity contribution in [3.8, 4) is 11.5 Å². The number of thioether (sulfide) groups is 1. The summed E-state index contributed by atoms with van der Waals surface area (Å²) in [5.74, 6) is 1.90. The van der Waals surface area contributed by atoms with Crippen molar-refractivity contribution >= 4 is 16.9 Å². The summed E-state index contributed by atoms with van der Waals surface area (Å²) in [6.07, 6.45) is 3.39. The molecule has 0 amide bonds. The predicted octanol–water partition coefficient (Wildman–Crippen LogP) is 5.36. The van der Waals surface area contributed by atoms with Gasteiger partial charge in [-0.15, -0.1) is 6.58 Å². The first-order valence-electron chi connectivity index (χ1n) is 10.0. The maximum Gasteiger partial charge on any atom is 0.206 e. The molecule has 2 aliphatic heterocycles. The third-order valence-electron chi connectivity index (χ3n) is 5.51. The van der Waals surface area contributed by atoms with Gasteiger partial charge >= 0.3 is 0 Å². The maximum atomic E-state index is 10.2. The van der Waals surface area contributed by atoms with Crippen molar-refractivity contribution in [3.05, 3.63) is 71.8 Å². The van der Waals surface area contributed by atoms with Crippen molar-refractivity contribution in [3.63, 3.8) is 0 Å². The van der Waals surface area contributed by atoms with Gasteiger partial charge in [0.2, 0.25) is 5.72 Å². The molecule has 1 spiro atoms. The van der Waals surface area contributed by atoms with E-state index in [0.717, 1.165) is 40.6 Å². The Bertz CT molecular complexity index is 955. The van der Waals surface area contributed by atoms with Crippen LogP contribution < -0.4 is 10.1 Å². The Kier molecular flexibility index (Phi) is 5.11. The molecule has 2 aliphatic rings. The van der Waals surface area contributed by atoms with Crippen molar-refractivity contribution in [2.75, 3.05) is 5.75 Å². The number of fused-ring (bicyclic) bond motifs is 1. The van der Waals surface area contributed by atoms with Crippen LogP contribution in [0.1, 0.15) is 49.3 Å². The van der Waals surface area contributed by atoms with Crippen LogP contribution in [0.15, 0.2) is 60.1 Å². The Morgan fingerprint density at radius 1 is 1.31 bits per heavy atom. The largest absolute Gasteiger partial charge is 0.508 e. The van der Waals surface area contributed by atoms with E-state index in [2.05, 4.69) is 50.0 Å². The molecule has 2 aromatic carbocycles. The van der Waals surface area contributed by atoms with Gasteiger partial charge in [0.05, 0.1) is 0 Å². The van der Waals surface area contributed by atoms with Gasteiger partial charge in [-0.2, -0.15) is 0 Å². The lowest BCUT2D eigenvalue weighted by Gasteiger charge is -2.47. The fourth-order valence-corrected chi connectivity index (χ4v) is 5.43. The molecule has 152 valence electrons. The van der Waals surface area contributed by atoms with Crippen LogP contribution in [0.25, 0.3) is 0 Å². The van der Waals surface area contributed by atoms with Crippen LogP contribution in [0, 0.1) is 6.92 Å². The Morgan fingerprint density at radius 2 is 2.07 bits per heavy atom. The molecule has 2 unspecified atom stereocenters. The summed E-state index contributed by atoms with van der Waals surface area (Å²) in [4.78, 5) is 5.06. The van der Waals surface area contributed by atoms with Crippen LogP contribution >= 0.6 is 11.8 Å². The summed E-state index contributed by atoms with van der Waals surface area (Å²) in [7, 11) is 0. The van der Waals surface area contributed by atoms with Crippen LogP contribution in [0.5, 0.6) is 11.5 Å². The van der Waals surface area contributed by atoms with E-state index >= 15 is 0 Å². The summed E-state index contributed by atoms with van der Waals surface area (Å²) in [5.41, 5.74) is 2.60. The molecular weight excluding hydrogens is 380 g/mol. The van der Waals surface area contributed by atoms with Crippen molar-refractivity contribution in [2.45, 2.75) is 50.8 Å². The van der Waals surface area contributed by atoms with Crippen molar-refractivity contribution < 1.29 is 9.84 Å². The SMILES string of the molecule is C=CCSC1=NC2(CC(c3ccccc3)c3c(C)cc(O)cc3O2)CC(C)(C)N1. The third kappa shape index (κ3) is 4.01. The van der Waals surface area contributed by atoms with E-state index in [4.69, 9.17) is 9.73 Å². The Balaban J connectivity index is 1.85. The minimum Gasteiger partial charge on any atom is -0.508 e. The molecule has 2 atom stereocenters.